The lowest BCUT2D eigenvalue weighted by Gasteiger charge is -2.41. The van der Waals surface area contributed by atoms with Crippen LogP contribution in [0.3, 0.4) is 0 Å². The first-order valence-electron chi connectivity index (χ1n) is 10.6. The minimum Gasteiger partial charge on any atom is -0.342 e. The molecule has 1 aliphatic carbocycles. The Kier molecular flexibility index (Phi) is 5.65. The van der Waals surface area contributed by atoms with E-state index in [2.05, 4.69) is 36.3 Å². The molecule has 1 fully saturated rings. The molecule has 29 heavy (non-hydrogen) atoms. The average Bonchev–Trinajstić information content (AvgIpc) is 3.14. The molecule has 0 spiro atoms. The third-order valence-corrected chi connectivity index (χ3v) is 6.11. The molecule has 0 radical (unpaired) electrons. The normalized spacial score (nSPS) is 22.1. The second-order valence-corrected chi connectivity index (χ2v) is 8.67. The van der Waals surface area contributed by atoms with Gasteiger partial charge in [0.05, 0.1) is 0 Å². The zero-order valence-electron chi connectivity index (χ0n) is 17.2. The van der Waals surface area contributed by atoms with Crippen LogP contribution in [0.5, 0.6) is 0 Å². The Labute approximate surface area is 172 Å². The number of piperazine rings is 1. The van der Waals surface area contributed by atoms with Crippen molar-refractivity contribution in [2.24, 2.45) is 11.8 Å². The Morgan fingerprint density at radius 1 is 1.07 bits per heavy atom. The van der Waals surface area contributed by atoms with Crippen molar-refractivity contribution in [1.29, 1.82) is 0 Å². The van der Waals surface area contributed by atoms with Gasteiger partial charge in [0.2, 0.25) is 11.8 Å². The molecule has 4 rings (SSSR count). The summed E-state index contributed by atoms with van der Waals surface area (Å²) in [5.74, 6) is 0.508. The van der Waals surface area contributed by atoms with Crippen LogP contribution in [-0.4, -0.2) is 40.3 Å². The highest BCUT2D eigenvalue weighted by Crippen LogP contribution is 2.31. The van der Waals surface area contributed by atoms with Gasteiger partial charge in [-0.25, -0.2) is 0 Å². The van der Waals surface area contributed by atoms with E-state index in [1.54, 1.807) is 6.20 Å². The Balaban J connectivity index is 1.53. The molecular formula is C24H29N3O2. The fourth-order valence-electron chi connectivity index (χ4n) is 4.66. The predicted octanol–water partition coefficient (Wildman–Crippen LogP) is 2.78. The van der Waals surface area contributed by atoms with E-state index >= 15 is 0 Å². The van der Waals surface area contributed by atoms with Crippen molar-refractivity contribution in [3.05, 3.63) is 65.5 Å². The molecule has 2 aromatic rings. The van der Waals surface area contributed by atoms with Crippen LogP contribution in [0.15, 0.2) is 48.7 Å². The number of rotatable bonds is 6. The number of hydrogen-bond acceptors (Lipinski definition) is 3. The molecule has 1 aromatic carbocycles. The van der Waals surface area contributed by atoms with Gasteiger partial charge in [-0.3, -0.25) is 14.6 Å². The predicted molar refractivity (Wildman–Crippen MR) is 112 cm³/mol. The molecule has 5 nitrogen and oxygen atoms in total. The Morgan fingerprint density at radius 3 is 2.38 bits per heavy atom. The van der Waals surface area contributed by atoms with Crippen LogP contribution in [0, 0.1) is 11.8 Å². The van der Waals surface area contributed by atoms with E-state index in [0.29, 0.717) is 25.3 Å². The van der Waals surface area contributed by atoms with Gasteiger partial charge in [-0.2, -0.15) is 0 Å². The number of nitrogens with zero attached hydrogens (tertiary/aromatic N) is 2. The molecule has 0 unspecified atom stereocenters. The lowest BCUT2D eigenvalue weighted by Crippen LogP contribution is -2.65. The number of nitrogens with one attached hydrogen (secondary N) is 1. The maximum absolute atomic E-state index is 13.5. The zero-order chi connectivity index (χ0) is 20.4. The van der Waals surface area contributed by atoms with E-state index in [9.17, 15) is 9.59 Å². The number of fused-ring (bicyclic) bond motifs is 1. The van der Waals surface area contributed by atoms with E-state index in [4.69, 9.17) is 0 Å². The Bertz CT molecular complexity index is 856. The summed E-state index contributed by atoms with van der Waals surface area (Å²) in [6.45, 7) is 4.71. The molecule has 0 saturated carbocycles. The molecule has 1 N–H and O–H groups in total. The van der Waals surface area contributed by atoms with Gasteiger partial charge in [-0.15, -0.1) is 0 Å². The second kappa shape index (κ2) is 8.36. The fourth-order valence-corrected chi connectivity index (χ4v) is 4.66. The molecule has 2 atom stereocenters. The topological polar surface area (TPSA) is 62.3 Å². The molecule has 1 saturated heterocycles. The van der Waals surface area contributed by atoms with Crippen LogP contribution in [0.1, 0.15) is 37.1 Å². The third-order valence-electron chi connectivity index (χ3n) is 6.11. The third kappa shape index (κ3) is 4.19. The van der Waals surface area contributed by atoms with E-state index in [0.717, 1.165) is 18.5 Å². The number of carbonyl (C=O) groups is 2. The number of amides is 2. The molecular weight excluding hydrogens is 362 g/mol. The van der Waals surface area contributed by atoms with Gasteiger partial charge in [0.25, 0.3) is 0 Å². The summed E-state index contributed by atoms with van der Waals surface area (Å²) in [7, 11) is 0. The molecule has 0 bridgehead atoms. The number of benzene rings is 1. The van der Waals surface area contributed by atoms with Crippen LogP contribution in [-0.2, 0) is 28.9 Å². The number of pyridine rings is 1. The summed E-state index contributed by atoms with van der Waals surface area (Å²) in [5, 5.41) is 3.08. The monoisotopic (exact) mass is 391 g/mol. The van der Waals surface area contributed by atoms with Gasteiger partial charge >= 0.3 is 0 Å². The number of hydrogen-bond donors (Lipinski definition) is 1. The Morgan fingerprint density at radius 2 is 1.76 bits per heavy atom. The Hall–Kier alpha value is -2.69. The van der Waals surface area contributed by atoms with Gasteiger partial charge in [0.1, 0.15) is 12.1 Å². The van der Waals surface area contributed by atoms with Crippen molar-refractivity contribution in [2.45, 2.75) is 51.6 Å². The molecule has 152 valence electrons. The second-order valence-electron chi connectivity index (χ2n) is 8.67. The van der Waals surface area contributed by atoms with Crippen LogP contribution in [0.4, 0.5) is 0 Å². The highest BCUT2D eigenvalue weighted by atomic mass is 16.2. The molecule has 1 aliphatic heterocycles. The highest BCUT2D eigenvalue weighted by Gasteiger charge is 2.44. The lowest BCUT2D eigenvalue weighted by molar-refractivity contribution is -0.151. The first-order valence-corrected chi connectivity index (χ1v) is 10.6. The van der Waals surface area contributed by atoms with Gasteiger partial charge in [-0.1, -0.05) is 44.2 Å². The quantitative estimate of drug-likeness (QED) is 0.824. The van der Waals surface area contributed by atoms with Crippen LogP contribution in [0.2, 0.25) is 0 Å². The van der Waals surface area contributed by atoms with Gasteiger partial charge in [0, 0.05) is 24.9 Å². The first-order chi connectivity index (χ1) is 14.0. The maximum atomic E-state index is 13.5. The fraction of sp³-hybridized carbons (Fsp3) is 0.458. The summed E-state index contributed by atoms with van der Waals surface area (Å²) in [5.41, 5.74) is 3.53. The van der Waals surface area contributed by atoms with E-state index in [1.807, 2.05) is 35.2 Å². The number of carbonyl (C=O) groups excluding carboxylic acids is 2. The molecule has 2 aliphatic rings. The van der Waals surface area contributed by atoms with Crippen molar-refractivity contribution in [2.75, 3.05) is 6.54 Å². The van der Waals surface area contributed by atoms with Gasteiger partial charge in [0.15, 0.2) is 0 Å². The first kappa shape index (κ1) is 19.6. The minimum atomic E-state index is -0.443. The smallest absolute Gasteiger partial charge is 0.246 e. The number of aromatic nitrogens is 1. The zero-order valence-corrected chi connectivity index (χ0v) is 17.2. The lowest BCUT2D eigenvalue weighted by atomic mass is 9.90. The van der Waals surface area contributed by atoms with Gasteiger partial charge < -0.3 is 10.2 Å². The van der Waals surface area contributed by atoms with Crippen molar-refractivity contribution < 1.29 is 9.59 Å². The average molecular weight is 392 g/mol. The van der Waals surface area contributed by atoms with Crippen LogP contribution >= 0.6 is 0 Å². The summed E-state index contributed by atoms with van der Waals surface area (Å²) in [6, 6.07) is 13.3. The summed E-state index contributed by atoms with van der Waals surface area (Å²) < 4.78 is 0. The van der Waals surface area contributed by atoms with Gasteiger partial charge in [-0.05, 0) is 54.4 Å². The minimum absolute atomic E-state index is 0.0136. The molecule has 2 amide bonds. The summed E-state index contributed by atoms with van der Waals surface area (Å²) >= 11 is 0. The van der Waals surface area contributed by atoms with Crippen LogP contribution < -0.4 is 5.32 Å². The SMILES string of the molecule is CC(C)C[C@@H]1C(=O)N[C@H](C2Cc3ccccc3C2)C(=O)N1CCc1ccccn1. The van der Waals surface area contributed by atoms with Crippen molar-refractivity contribution in [3.8, 4) is 0 Å². The van der Waals surface area contributed by atoms with Crippen molar-refractivity contribution in [3.63, 3.8) is 0 Å². The van der Waals surface area contributed by atoms with E-state index in [1.165, 1.54) is 11.1 Å². The maximum Gasteiger partial charge on any atom is 0.246 e. The largest absolute Gasteiger partial charge is 0.342 e. The van der Waals surface area contributed by atoms with E-state index in [-0.39, 0.29) is 17.7 Å². The highest BCUT2D eigenvalue weighted by molar-refractivity contribution is 5.97. The van der Waals surface area contributed by atoms with Crippen molar-refractivity contribution in [1.82, 2.24) is 15.2 Å². The standard InChI is InChI=1S/C24H29N3O2/c1-16(2)13-21-23(28)26-22(19-14-17-7-3-4-8-18(17)15-19)24(29)27(21)12-10-20-9-5-6-11-25-20/h3-9,11,16,19,21-22H,10,12-15H2,1-2H3,(H,26,28)/t21-,22-/m1/s1. The van der Waals surface area contributed by atoms with E-state index < -0.39 is 12.1 Å². The summed E-state index contributed by atoms with van der Waals surface area (Å²) in [6.07, 6.45) is 4.79. The molecule has 5 heteroatoms. The van der Waals surface area contributed by atoms with Crippen molar-refractivity contribution >= 4 is 11.8 Å². The van der Waals surface area contributed by atoms with Crippen LogP contribution in [0.25, 0.3) is 0 Å². The summed E-state index contributed by atoms with van der Waals surface area (Å²) in [4.78, 5) is 32.7. The molecule has 2 heterocycles. The molecule has 1 aromatic heterocycles.